The molecule has 0 bridgehead atoms. The monoisotopic (exact) mass is 190 g/mol. The van der Waals surface area contributed by atoms with E-state index in [9.17, 15) is 4.79 Å². The topological polar surface area (TPSA) is 55.1 Å². The van der Waals surface area contributed by atoms with Crippen molar-refractivity contribution >= 4 is 17.0 Å². The van der Waals surface area contributed by atoms with Gasteiger partial charge in [0.25, 0.3) is 0 Å². The summed E-state index contributed by atoms with van der Waals surface area (Å²) in [6.45, 7) is 2.86. The van der Waals surface area contributed by atoms with Crippen molar-refractivity contribution in [3.63, 3.8) is 0 Å². The number of aromatic nitrogens is 2. The van der Waals surface area contributed by atoms with E-state index >= 15 is 0 Å². The summed E-state index contributed by atoms with van der Waals surface area (Å²) in [7, 11) is 0. The molecule has 0 saturated carbocycles. The van der Waals surface area contributed by atoms with Crippen molar-refractivity contribution in [2.45, 2.75) is 13.5 Å². The van der Waals surface area contributed by atoms with E-state index in [1.165, 1.54) is 6.20 Å². The minimum atomic E-state index is -0.941. The molecule has 2 aromatic heterocycles. The number of nitrogens with zero attached hydrogens (tertiary/aromatic N) is 2. The van der Waals surface area contributed by atoms with Gasteiger partial charge in [0.15, 0.2) is 0 Å². The van der Waals surface area contributed by atoms with Crippen LogP contribution >= 0.6 is 0 Å². The van der Waals surface area contributed by atoms with Gasteiger partial charge in [0.05, 0.1) is 5.56 Å². The molecular formula is C10H10N2O2. The first-order valence-corrected chi connectivity index (χ1v) is 4.40. The van der Waals surface area contributed by atoms with Crippen LogP contribution in [0, 0.1) is 0 Å². The molecule has 2 aromatic rings. The molecule has 0 atom stereocenters. The summed E-state index contributed by atoms with van der Waals surface area (Å²) in [5, 5.41) is 9.63. The van der Waals surface area contributed by atoms with Crippen LogP contribution in [0.5, 0.6) is 0 Å². The second-order valence-electron chi connectivity index (χ2n) is 3.04. The van der Waals surface area contributed by atoms with Crippen LogP contribution < -0.4 is 0 Å². The highest BCUT2D eigenvalue weighted by Crippen LogP contribution is 2.14. The Labute approximate surface area is 80.8 Å². The zero-order valence-electron chi connectivity index (χ0n) is 7.77. The number of fused-ring (bicyclic) bond motifs is 1. The third-order valence-electron chi connectivity index (χ3n) is 2.19. The summed E-state index contributed by atoms with van der Waals surface area (Å²) >= 11 is 0. The standard InChI is InChI=1S/C10H10N2O2/c1-2-12-4-3-7-5-8(10(13)14)6-11-9(7)12/h3-6H,2H2,1H3,(H,13,14). The van der Waals surface area contributed by atoms with E-state index < -0.39 is 5.97 Å². The summed E-state index contributed by atoms with van der Waals surface area (Å²) in [5.41, 5.74) is 1.06. The Kier molecular flexibility index (Phi) is 1.96. The molecule has 0 unspecified atom stereocenters. The quantitative estimate of drug-likeness (QED) is 0.784. The highest BCUT2D eigenvalue weighted by atomic mass is 16.4. The minimum Gasteiger partial charge on any atom is -0.478 e. The van der Waals surface area contributed by atoms with Gasteiger partial charge >= 0.3 is 5.97 Å². The molecule has 72 valence electrons. The van der Waals surface area contributed by atoms with Crippen LogP contribution in [0.2, 0.25) is 0 Å². The Balaban J connectivity index is 2.63. The Morgan fingerprint density at radius 1 is 1.64 bits per heavy atom. The van der Waals surface area contributed by atoms with E-state index in [-0.39, 0.29) is 5.56 Å². The van der Waals surface area contributed by atoms with E-state index in [0.717, 1.165) is 17.6 Å². The molecule has 0 aliphatic heterocycles. The summed E-state index contributed by atoms with van der Waals surface area (Å²) in [4.78, 5) is 14.8. The summed E-state index contributed by atoms with van der Waals surface area (Å²) in [6, 6.07) is 3.51. The Bertz CT molecular complexity index is 488. The first-order valence-electron chi connectivity index (χ1n) is 4.40. The van der Waals surface area contributed by atoms with Gasteiger partial charge in [-0.3, -0.25) is 0 Å². The highest BCUT2D eigenvalue weighted by Gasteiger charge is 2.06. The minimum absolute atomic E-state index is 0.228. The lowest BCUT2D eigenvalue weighted by atomic mass is 10.2. The number of pyridine rings is 1. The molecule has 0 amide bonds. The molecule has 0 radical (unpaired) electrons. The number of carboxylic acids is 1. The van der Waals surface area contributed by atoms with E-state index in [4.69, 9.17) is 5.11 Å². The van der Waals surface area contributed by atoms with Crippen LogP contribution in [0.3, 0.4) is 0 Å². The predicted molar refractivity (Wildman–Crippen MR) is 52.4 cm³/mol. The molecule has 4 heteroatoms. The van der Waals surface area contributed by atoms with E-state index in [2.05, 4.69) is 4.98 Å². The summed E-state index contributed by atoms with van der Waals surface area (Å²) in [6.07, 6.45) is 3.29. The second kappa shape index (κ2) is 3.14. The molecule has 2 rings (SSSR count). The van der Waals surface area contributed by atoms with Crippen LogP contribution in [0.4, 0.5) is 0 Å². The maximum atomic E-state index is 10.7. The number of hydrogen-bond acceptors (Lipinski definition) is 2. The Morgan fingerprint density at radius 2 is 2.43 bits per heavy atom. The van der Waals surface area contributed by atoms with E-state index in [0.29, 0.717) is 0 Å². The first kappa shape index (κ1) is 8.74. The van der Waals surface area contributed by atoms with Gasteiger partial charge in [0.1, 0.15) is 5.65 Å². The van der Waals surface area contributed by atoms with Crippen molar-refractivity contribution in [1.82, 2.24) is 9.55 Å². The van der Waals surface area contributed by atoms with Gasteiger partial charge in [0, 0.05) is 24.3 Å². The lowest BCUT2D eigenvalue weighted by molar-refractivity contribution is 0.0696. The van der Waals surface area contributed by atoms with Gasteiger partial charge < -0.3 is 9.67 Å². The zero-order valence-corrected chi connectivity index (χ0v) is 7.77. The normalized spacial score (nSPS) is 10.6. The lowest BCUT2D eigenvalue weighted by Crippen LogP contribution is -1.98. The Hall–Kier alpha value is -1.84. The molecule has 0 aliphatic carbocycles. The lowest BCUT2D eigenvalue weighted by Gasteiger charge is -1.99. The molecule has 0 saturated heterocycles. The predicted octanol–water partition coefficient (Wildman–Crippen LogP) is 1.75. The summed E-state index contributed by atoms with van der Waals surface area (Å²) in [5.74, 6) is -0.941. The SMILES string of the molecule is CCn1ccc2cc(C(=O)O)cnc21. The molecule has 0 aromatic carbocycles. The molecule has 0 fully saturated rings. The number of carboxylic acid groups (broad SMARTS) is 1. The molecule has 4 nitrogen and oxygen atoms in total. The van der Waals surface area contributed by atoms with Crippen molar-refractivity contribution < 1.29 is 9.90 Å². The number of carbonyl (C=O) groups is 1. The first-order chi connectivity index (χ1) is 6.72. The second-order valence-corrected chi connectivity index (χ2v) is 3.04. The molecule has 0 spiro atoms. The fourth-order valence-electron chi connectivity index (χ4n) is 1.45. The van der Waals surface area contributed by atoms with Crippen LogP contribution in [0.25, 0.3) is 11.0 Å². The van der Waals surface area contributed by atoms with Gasteiger partial charge in [-0.1, -0.05) is 0 Å². The van der Waals surface area contributed by atoms with Crippen molar-refractivity contribution in [1.29, 1.82) is 0 Å². The third kappa shape index (κ3) is 1.25. The van der Waals surface area contributed by atoms with Crippen LogP contribution in [-0.2, 0) is 6.54 Å². The largest absolute Gasteiger partial charge is 0.478 e. The number of rotatable bonds is 2. The van der Waals surface area contributed by atoms with Gasteiger partial charge in [0.2, 0.25) is 0 Å². The van der Waals surface area contributed by atoms with Gasteiger partial charge in [-0.25, -0.2) is 9.78 Å². The number of aromatic carboxylic acids is 1. The number of aryl methyl sites for hydroxylation is 1. The van der Waals surface area contributed by atoms with E-state index in [1.54, 1.807) is 6.07 Å². The molecule has 2 heterocycles. The van der Waals surface area contributed by atoms with Crippen LogP contribution in [0.1, 0.15) is 17.3 Å². The van der Waals surface area contributed by atoms with Crippen LogP contribution in [0.15, 0.2) is 24.5 Å². The van der Waals surface area contributed by atoms with Gasteiger partial charge in [-0.05, 0) is 19.1 Å². The Morgan fingerprint density at radius 3 is 3.07 bits per heavy atom. The molecule has 0 aliphatic rings. The maximum Gasteiger partial charge on any atom is 0.337 e. The average Bonchev–Trinajstić information content (AvgIpc) is 2.59. The maximum absolute atomic E-state index is 10.7. The fraction of sp³-hybridized carbons (Fsp3) is 0.200. The van der Waals surface area contributed by atoms with E-state index in [1.807, 2.05) is 23.8 Å². The zero-order chi connectivity index (χ0) is 10.1. The molecule has 14 heavy (non-hydrogen) atoms. The van der Waals surface area contributed by atoms with Crippen molar-refractivity contribution in [2.75, 3.05) is 0 Å². The van der Waals surface area contributed by atoms with Gasteiger partial charge in [-0.2, -0.15) is 0 Å². The number of hydrogen-bond donors (Lipinski definition) is 1. The van der Waals surface area contributed by atoms with Gasteiger partial charge in [-0.15, -0.1) is 0 Å². The molecule has 1 N–H and O–H groups in total. The van der Waals surface area contributed by atoms with Crippen molar-refractivity contribution in [2.24, 2.45) is 0 Å². The van der Waals surface area contributed by atoms with Crippen molar-refractivity contribution in [3.05, 3.63) is 30.1 Å². The average molecular weight is 190 g/mol. The third-order valence-corrected chi connectivity index (χ3v) is 2.19. The fourth-order valence-corrected chi connectivity index (χ4v) is 1.45. The summed E-state index contributed by atoms with van der Waals surface area (Å²) < 4.78 is 1.97. The van der Waals surface area contributed by atoms with Crippen molar-refractivity contribution in [3.8, 4) is 0 Å². The highest BCUT2D eigenvalue weighted by molar-refractivity contribution is 5.91. The smallest absolute Gasteiger partial charge is 0.337 e. The van der Waals surface area contributed by atoms with Crippen LogP contribution in [-0.4, -0.2) is 20.6 Å². The molecular weight excluding hydrogens is 180 g/mol.